The minimum Gasteiger partial charge on any atom is -0.485 e. The molecule has 1 aromatic carbocycles. The molecule has 20 heavy (non-hydrogen) atoms. The fraction of sp³-hybridized carbons (Fsp3) is 0.154. The second kappa shape index (κ2) is 5.04. The normalized spacial score (nSPS) is 16.5. The number of nitrogens with one attached hydrogen (secondary N) is 2. The molecule has 0 fully saturated rings. The number of nitrogens with zero attached hydrogens (tertiary/aromatic N) is 1. The van der Waals surface area contributed by atoms with Crippen LogP contribution in [0.5, 0.6) is 11.5 Å². The number of carbonyl (C=O) groups is 1. The van der Waals surface area contributed by atoms with Crippen molar-refractivity contribution in [3.05, 3.63) is 47.0 Å². The third-order valence-corrected chi connectivity index (χ3v) is 2.73. The summed E-state index contributed by atoms with van der Waals surface area (Å²) in [5.74, 6) is 0.981. The maximum atomic E-state index is 12.0. The van der Waals surface area contributed by atoms with Crippen LogP contribution in [-0.2, 0) is 4.79 Å². The Balaban J connectivity index is 1.72. The molecule has 1 aliphatic heterocycles. The minimum absolute atomic E-state index is 0.109. The molecule has 1 unspecified atom stereocenters. The van der Waals surface area contributed by atoms with E-state index in [0.717, 1.165) is 0 Å². The van der Waals surface area contributed by atoms with Crippen molar-refractivity contribution in [1.82, 2.24) is 9.97 Å². The first-order valence-corrected chi connectivity index (χ1v) is 5.97. The molecule has 7 nitrogen and oxygen atoms in total. The van der Waals surface area contributed by atoms with Gasteiger partial charge >= 0.3 is 5.69 Å². The third-order valence-electron chi connectivity index (χ3n) is 2.73. The van der Waals surface area contributed by atoms with E-state index in [1.807, 2.05) is 6.07 Å². The van der Waals surface area contributed by atoms with Gasteiger partial charge in [-0.15, -0.1) is 0 Å². The van der Waals surface area contributed by atoms with Crippen molar-refractivity contribution in [2.24, 2.45) is 0 Å². The number of benzene rings is 1. The van der Waals surface area contributed by atoms with Crippen molar-refractivity contribution in [2.45, 2.75) is 6.10 Å². The predicted molar refractivity (Wildman–Crippen MR) is 69.8 cm³/mol. The van der Waals surface area contributed by atoms with E-state index in [-0.39, 0.29) is 12.4 Å². The Bertz CT molecular complexity index is 698. The molecular weight excluding hydrogens is 262 g/mol. The van der Waals surface area contributed by atoms with E-state index in [4.69, 9.17) is 9.47 Å². The Morgan fingerprint density at radius 2 is 2.10 bits per heavy atom. The van der Waals surface area contributed by atoms with Crippen LogP contribution in [0.2, 0.25) is 0 Å². The predicted octanol–water partition coefficient (Wildman–Crippen LogP) is 0.548. The van der Waals surface area contributed by atoms with Gasteiger partial charge in [0.05, 0.1) is 0 Å². The molecule has 1 atom stereocenters. The number of hydrogen-bond acceptors (Lipinski definition) is 5. The molecule has 1 amide bonds. The van der Waals surface area contributed by atoms with Gasteiger partial charge in [0.1, 0.15) is 12.4 Å². The van der Waals surface area contributed by atoms with Crippen molar-refractivity contribution < 1.29 is 14.3 Å². The van der Waals surface area contributed by atoms with Crippen LogP contribution in [0.4, 0.5) is 5.82 Å². The molecule has 2 N–H and O–H groups in total. The molecule has 1 aliphatic rings. The lowest BCUT2D eigenvalue weighted by Crippen LogP contribution is -2.40. The minimum atomic E-state index is -0.776. The number of carbonyl (C=O) groups excluding carboxylic acids is 1. The molecule has 0 bridgehead atoms. The summed E-state index contributed by atoms with van der Waals surface area (Å²) in [5, 5.41) is 2.54. The lowest BCUT2D eigenvalue weighted by atomic mass is 10.2. The Labute approximate surface area is 113 Å². The molecule has 102 valence electrons. The highest BCUT2D eigenvalue weighted by Gasteiger charge is 2.27. The van der Waals surface area contributed by atoms with Gasteiger partial charge in [0.25, 0.3) is 5.91 Å². The number of ether oxygens (including phenoxy) is 2. The average molecular weight is 273 g/mol. The topological polar surface area (TPSA) is 93.3 Å². The average Bonchev–Trinajstić information content (AvgIpc) is 2.47. The van der Waals surface area contributed by atoms with Gasteiger partial charge in [-0.05, 0) is 18.2 Å². The van der Waals surface area contributed by atoms with Crippen LogP contribution in [0.1, 0.15) is 0 Å². The van der Waals surface area contributed by atoms with E-state index in [9.17, 15) is 9.59 Å². The molecule has 7 heteroatoms. The summed E-state index contributed by atoms with van der Waals surface area (Å²) >= 11 is 0. The highest BCUT2D eigenvalue weighted by atomic mass is 16.6. The first-order valence-electron chi connectivity index (χ1n) is 5.97. The van der Waals surface area contributed by atoms with Gasteiger partial charge < -0.3 is 14.8 Å². The molecule has 3 rings (SSSR count). The molecule has 2 aromatic rings. The van der Waals surface area contributed by atoms with E-state index >= 15 is 0 Å². The van der Waals surface area contributed by atoms with E-state index in [0.29, 0.717) is 11.5 Å². The first-order chi connectivity index (χ1) is 9.72. The Morgan fingerprint density at radius 1 is 1.30 bits per heavy atom. The fourth-order valence-electron chi connectivity index (χ4n) is 1.80. The van der Waals surface area contributed by atoms with Crippen molar-refractivity contribution in [1.29, 1.82) is 0 Å². The first kappa shape index (κ1) is 12.2. The van der Waals surface area contributed by atoms with Gasteiger partial charge in [-0.3, -0.25) is 9.78 Å². The summed E-state index contributed by atoms with van der Waals surface area (Å²) in [6.45, 7) is 0.109. The van der Waals surface area contributed by atoms with Crippen molar-refractivity contribution in [3.8, 4) is 11.5 Å². The Hall–Kier alpha value is -2.83. The van der Waals surface area contributed by atoms with E-state index < -0.39 is 17.7 Å². The molecule has 1 aromatic heterocycles. The summed E-state index contributed by atoms with van der Waals surface area (Å²) in [7, 11) is 0. The summed E-state index contributed by atoms with van der Waals surface area (Å²) < 4.78 is 11.0. The summed E-state index contributed by atoms with van der Waals surface area (Å²) in [6.07, 6.45) is 0.531. The highest BCUT2D eigenvalue weighted by molar-refractivity contribution is 5.93. The van der Waals surface area contributed by atoms with Crippen LogP contribution >= 0.6 is 0 Å². The molecule has 0 saturated carbocycles. The van der Waals surface area contributed by atoms with Gasteiger partial charge in [0.2, 0.25) is 6.10 Å². The van der Waals surface area contributed by atoms with Crippen molar-refractivity contribution in [2.75, 3.05) is 11.9 Å². The molecule has 2 heterocycles. The monoisotopic (exact) mass is 273 g/mol. The zero-order valence-electron chi connectivity index (χ0n) is 10.3. The van der Waals surface area contributed by atoms with E-state index in [2.05, 4.69) is 15.3 Å². The number of aromatic nitrogens is 2. The Kier molecular flexibility index (Phi) is 3.08. The van der Waals surface area contributed by atoms with Crippen molar-refractivity contribution >= 4 is 11.7 Å². The maximum Gasteiger partial charge on any atom is 0.346 e. The van der Waals surface area contributed by atoms with Gasteiger partial charge in [-0.1, -0.05) is 12.1 Å². The largest absolute Gasteiger partial charge is 0.485 e. The molecule has 0 spiro atoms. The zero-order chi connectivity index (χ0) is 13.9. The SMILES string of the molecule is O=C(Nc1ccnc(=O)[nH]1)C1COc2ccccc2O1. The van der Waals surface area contributed by atoms with Crippen LogP contribution in [0.3, 0.4) is 0 Å². The number of amides is 1. The van der Waals surface area contributed by atoms with Crippen LogP contribution in [0, 0.1) is 0 Å². The van der Waals surface area contributed by atoms with Gasteiger partial charge in [-0.2, -0.15) is 0 Å². The molecule has 0 saturated heterocycles. The number of rotatable bonds is 2. The van der Waals surface area contributed by atoms with E-state index in [1.54, 1.807) is 18.2 Å². The third kappa shape index (κ3) is 2.46. The number of anilines is 1. The fourth-order valence-corrected chi connectivity index (χ4v) is 1.80. The molecule has 0 radical (unpaired) electrons. The number of para-hydroxylation sites is 2. The standard InChI is InChI=1S/C13H11N3O4/c17-12(15-11-5-6-14-13(18)16-11)10-7-19-8-3-1-2-4-9(8)20-10/h1-6,10H,7H2,(H2,14,15,16,17,18). The second-order valence-electron chi connectivity index (χ2n) is 4.14. The van der Waals surface area contributed by atoms with Crippen LogP contribution in [0.25, 0.3) is 0 Å². The summed E-state index contributed by atoms with van der Waals surface area (Å²) in [4.78, 5) is 28.9. The molecular formula is C13H11N3O4. The van der Waals surface area contributed by atoms with Crippen LogP contribution in [-0.4, -0.2) is 28.6 Å². The Morgan fingerprint density at radius 3 is 2.90 bits per heavy atom. The maximum absolute atomic E-state index is 12.0. The highest BCUT2D eigenvalue weighted by Crippen LogP contribution is 2.30. The number of aromatic amines is 1. The quantitative estimate of drug-likeness (QED) is 0.833. The zero-order valence-corrected chi connectivity index (χ0v) is 10.3. The number of hydrogen-bond donors (Lipinski definition) is 2. The van der Waals surface area contributed by atoms with Gasteiger partial charge in [0.15, 0.2) is 11.5 Å². The van der Waals surface area contributed by atoms with Crippen molar-refractivity contribution in [3.63, 3.8) is 0 Å². The molecule has 0 aliphatic carbocycles. The van der Waals surface area contributed by atoms with Gasteiger partial charge in [-0.25, -0.2) is 9.78 Å². The smallest absolute Gasteiger partial charge is 0.346 e. The number of fused-ring (bicyclic) bond motifs is 1. The number of H-pyrrole nitrogens is 1. The second-order valence-corrected chi connectivity index (χ2v) is 4.14. The van der Waals surface area contributed by atoms with E-state index in [1.165, 1.54) is 12.3 Å². The van der Waals surface area contributed by atoms with Crippen LogP contribution < -0.4 is 20.5 Å². The lowest BCUT2D eigenvalue weighted by molar-refractivity contribution is -0.125. The van der Waals surface area contributed by atoms with Crippen LogP contribution in [0.15, 0.2) is 41.3 Å². The van der Waals surface area contributed by atoms with Gasteiger partial charge in [0, 0.05) is 6.20 Å². The summed E-state index contributed by atoms with van der Waals surface area (Å²) in [6, 6.07) is 8.59. The lowest BCUT2D eigenvalue weighted by Gasteiger charge is -2.25. The summed E-state index contributed by atoms with van der Waals surface area (Å²) in [5.41, 5.74) is -0.533.